The zero-order valence-electron chi connectivity index (χ0n) is 9.51. The molecule has 1 atom stereocenters. The minimum Gasteiger partial charge on any atom is -0.312 e. The van der Waals surface area contributed by atoms with E-state index in [1.54, 1.807) is 0 Å². The minimum absolute atomic E-state index is 0.0713. The Kier molecular flexibility index (Phi) is 0.619. The Morgan fingerprint density at radius 2 is 2.17 bits per heavy atom. The van der Waals surface area contributed by atoms with Crippen LogP contribution in [-0.4, -0.2) is 29.8 Å². The molecule has 62 valence electrons. The van der Waals surface area contributed by atoms with Crippen LogP contribution in [0, 0.1) is 0 Å². The van der Waals surface area contributed by atoms with Crippen molar-refractivity contribution in [3.8, 4) is 0 Å². The van der Waals surface area contributed by atoms with Crippen molar-refractivity contribution in [2.75, 3.05) is 0 Å². The molecule has 0 spiro atoms. The van der Waals surface area contributed by atoms with E-state index in [4.69, 9.17) is 5.61 Å². The van der Waals surface area contributed by atoms with Gasteiger partial charge >= 0.3 is 12.1 Å². The molecule has 0 radical (unpaired) electrons. The normalized spacial score (nSPS) is 40.2. The molecule has 12 heavy (non-hydrogen) atoms. The van der Waals surface area contributed by atoms with E-state index in [0.29, 0.717) is 0 Å². The molecule has 5 amide bonds. The van der Waals surface area contributed by atoms with Crippen molar-refractivity contribution in [3.05, 3.63) is 0 Å². The largest absolute Gasteiger partial charge is 0.343 e. The number of fused-ring (bicyclic) bond motifs is 1. The van der Waals surface area contributed by atoms with Crippen molar-refractivity contribution in [2.24, 2.45) is 4.99 Å². The molecule has 2 aliphatic heterocycles. The average molecular weight is 172 g/mol. The summed E-state index contributed by atoms with van der Waals surface area (Å²) in [6.45, 7) is 0. The zero-order valence-corrected chi connectivity index (χ0v) is 5.51. The number of carbonyl (C=O) groups is 3. The molecule has 0 aromatic heterocycles. The standard InChI is InChI=1S/C5H4N4O3/c10-3-1-2(7-4(11)6-1)8-5(12)9-3/h2H,(H,7,11)(H2,8,9,10,12)/i2D/hD3. The number of carbonyl (C=O) groups excluding carboxylic acids is 3. The van der Waals surface area contributed by atoms with Crippen LogP contribution in [0.3, 0.4) is 0 Å². The lowest BCUT2D eigenvalue weighted by Gasteiger charge is -2.19. The molecule has 2 heterocycles. The molecule has 2 rings (SSSR count). The molecule has 0 aliphatic carbocycles. The first-order valence-corrected chi connectivity index (χ1v) is 2.90. The van der Waals surface area contributed by atoms with Gasteiger partial charge in [0.25, 0.3) is 5.91 Å². The molecule has 0 aromatic carbocycles. The summed E-state index contributed by atoms with van der Waals surface area (Å²) in [7, 11) is 0. The molecule has 0 saturated carbocycles. The highest BCUT2D eigenvalue weighted by Crippen LogP contribution is 2.01. The summed E-state index contributed by atoms with van der Waals surface area (Å²) in [6, 6.07) is -2.66. The Hall–Kier alpha value is -1.92. The Morgan fingerprint density at radius 3 is 2.92 bits per heavy atom. The monoisotopic (exact) mass is 172 g/mol. The first-order chi connectivity index (χ1) is 7.31. The lowest BCUT2D eigenvalue weighted by molar-refractivity contribution is -0.114. The number of nitrogens with one attached hydrogen (secondary N) is 3. The minimum atomic E-state index is -2.61. The van der Waals surface area contributed by atoms with Gasteiger partial charge in [-0.1, -0.05) is 0 Å². The van der Waals surface area contributed by atoms with Gasteiger partial charge in [0.2, 0.25) is 0 Å². The summed E-state index contributed by atoms with van der Waals surface area (Å²) in [5, 5.41) is -0.388. The van der Waals surface area contributed by atoms with Gasteiger partial charge in [0, 0.05) is 0 Å². The van der Waals surface area contributed by atoms with E-state index < -0.39 is 29.8 Å². The van der Waals surface area contributed by atoms with Gasteiger partial charge < -0.3 is 10.6 Å². The summed E-state index contributed by atoms with van der Waals surface area (Å²) < 4.78 is 29.0. The van der Waals surface area contributed by atoms with Gasteiger partial charge in [-0.25, -0.2) is 9.59 Å². The Morgan fingerprint density at radius 1 is 1.42 bits per heavy atom. The van der Waals surface area contributed by atoms with E-state index in [1.165, 1.54) is 0 Å². The van der Waals surface area contributed by atoms with Gasteiger partial charge in [-0.3, -0.25) is 10.1 Å². The summed E-state index contributed by atoms with van der Waals surface area (Å²) in [5.41, 5.74) is -0.808. The number of urea groups is 2. The fourth-order valence-electron chi connectivity index (χ4n) is 0.791. The predicted molar refractivity (Wildman–Crippen MR) is 36.4 cm³/mol. The van der Waals surface area contributed by atoms with Crippen LogP contribution in [0.15, 0.2) is 4.99 Å². The highest BCUT2D eigenvalue weighted by atomic mass is 16.2. The van der Waals surface area contributed by atoms with Gasteiger partial charge in [-0.15, -0.1) is 0 Å². The van der Waals surface area contributed by atoms with E-state index in [2.05, 4.69) is 4.99 Å². The topological polar surface area (TPSA) is 99.7 Å². The van der Waals surface area contributed by atoms with Crippen molar-refractivity contribution in [1.29, 1.82) is 0 Å². The fraction of sp³-hybridized carbons (Fsp3) is 0.200. The number of nitrogens with zero attached hydrogens (tertiary/aromatic N) is 1. The van der Waals surface area contributed by atoms with Gasteiger partial charge in [-0.05, 0) is 0 Å². The Bertz CT molecular complexity index is 453. The lowest BCUT2D eigenvalue weighted by atomic mass is 10.2. The maximum atomic E-state index is 11.4. The molecule has 1 fully saturated rings. The number of hydrogen-bond donors (Lipinski definition) is 3. The van der Waals surface area contributed by atoms with Crippen molar-refractivity contribution >= 4 is 23.7 Å². The molecule has 7 nitrogen and oxygen atoms in total. The van der Waals surface area contributed by atoms with Gasteiger partial charge in [0.05, 0.1) is 1.37 Å². The summed E-state index contributed by atoms with van der Waals surface area (Å²) in [4.78, 5) is 36.7. The first kappa shape index (κ1) is 3.65. The zero-order chi connectivity index (χ0) is 12.2. The van der Waals surface area contributed by atoms with Crippen LogP contribution < -0.4 is 15.9 Å². The molecule has 0 bridgehead atoms. The summed E-state index contributed by atoms with van der Waals surface area (Å²) >= 11 is 0. The summed E-state index contributed by atoms with van der Waals surface area (Å²) in [6.07, 6.45) is -2.61. The Balaban J connectivity index is 2.60. The molecule has 2 aliphatic rings. The SMILES string of the molecule is [2H]N1C(=O)C2=NC(=O)N([2H])C2([2H])N([2H])C1=O. The van der Waals surface area contributed by atoms with Gasteiger partial charge in [-0.2, -0.15) is 4.99 Å². The lowest BCUT2D eigenvalue weighted by Crippen LogP contribution is -2.61. The van der Waals surface area contributed by atoms with Crippen LogP contribution in [0.5, 0.6) is 0 Å². The van der Waals surface area contributed by atoms with Crippen LogP contribution in [0.1, 0.15) is 1.37 Å². The second kappa shape index (κ2) is 2.03. The van der Waals surface area contributed by atoms with Crippen LogP contribution >= 0.6 is 0 Å². The first-order valence-electron chi connectivity index (χ1n) is 4.74. The quantitative estimate of drug-likeness (QED) is 0.406. The maximum Gasteiger partial charge on any atom is 0.343 e. The third-order valence-corrected chi connectivity index (χ3v) is 1.22. The highest BCUT2D eigenvalue weighted by Gasteiger charge is 2.36. The summed E-state index contributed by atoms with van der Waals surface area (Å²) in [5.74, 6) is -1.29. The molecule has 3 N–H and O–H groups in total. The second-order valence-electron chi connectivity index (χ2n) is 1.99. The number of rotatable bonds is 0. The second-order valence-corrected chi connectivity index (χ2v) is 1.99. The van der Waals surface area contributed by atoms with Crippen molar-refractivity contribution in [3.63, 3.8) is 0 Å². The van der Waals surface area contributed by atoms with E-state index in [-0.39, 0.29) is 15.9 Å². The van der Waals surface area contributed by atoms with Crippen molar-refractivity contribution in [1.82, 2.24) is 15.9 Å². The average Bonchev–Trinajstić information content (AvgIpc) is 2.49. The third-order valence-electron chi connectivity index (χ3n) is 1.22. The Labute approximate surface area is 72.0 Å². The van der Waals surface area contributed by atoms with Crippen molar-refractivity contribution < 1.29 is 20.0 Å². The third kappa shape index (κ3) is 0.831. The predicted octanol–water partition coefficient (Wildman–Crippen LogP) is -1.68. The maximum absolute atomic E-state index is 11.4. The number of hydrogen-bond acceptors (Lipinski definition) is 3. The van der Waals surface area contributed by atoms with Crippen LogP contribution in [0.25, 0.3) is 0 Å². The number of imide groups is 1. The van der Waals surface area contributed by atoms with Gasteiger partial charge in [0.1, 0.15) is 0 Å². The van der Waals surface area contributed by atoms with Crippen molar-refractivity contribution in [2.45, 2.75) is 6.14 Å². The van der Waals surface area contributed by atoms with Crippen LogP contribution in [-0.2, 0) is 4.79 Å². The molecular weight excluding hydrogens is 164 g/mol. The smallest absolute Gasteiger partial charge is 0.312 e. The van der Waals surface area contributed by atoms with E-state index in [0.717, 1.165) is 0 Å². The molecular formula is C5H4N4O3. The van der Waals surface area contributed by atoms with Crippen LogP contribution in [0.2, 0.25) is 4.24 Å². The van der Waals surface area contributed by atoms with Crippen LogP contribution in [0.4, 0.5) is 9.59 Å². The molecule has 1 saturated heterocycles. The number of amides is 5. The number of aliphatic imine (C=N–C) groups is 1. The van der Waals surface area contributed by atoms with E-state index >= 15 is 0 Å². The highest BCUT2D eigenvalue weighted by molar-refractivity contribution is 6.47. The molecule has 7 heteroatoms. The molecule has 1 unspecified atom stereocenters. The fourth-order valence-corrected chi connectivity index (χ4v) is 0.791. The van der Waals surface area contributed by atoms with E-state index in [9.17, 15) is 14.4 Å². The van der Waals surface area contributed by atoms with Gasteiger partial charge in [0.15, 0.2) is 16.1 Å². The molecule has 0 aromatic rings. The van der Waals surface area contributed by atoms with E-state index in [1.807, 2.05) is 0 Å².